The molecule has 0 aromatic carbocycles. The molecule has 2 aliphatic rings. The summed E-state index contributed by atoms with van der Waals surface area (Å²) in [4.78, 5) is 48.6. The van der Waals surface area contributed by atoms with E-state index in [1.165, 1.54) is 0 Å². The number of urea groups is 1. The van der Waals surface area contributed by atoms with Crippen molar-refractivity contribution in [1.29, 1.82) is 0 Å². The summed E-state index contributed by atoms with van der Waals surface area (Å²) in [5.41, 5.74) is 0. The number of hydrogen-bond donors (Lipinski definition) is 1. The third-order valence-corrected chi connectivity index (χ3v) is 3.43. The molecule has 0 spiro atoms. The van der Waals surface area contributed by atoms with Gasteiger partial charge in [0.25, 0.3) is 0 Å². The first-order chi connectivity index (χ1) is 10.0. The van der Waals surface area contributed by atoms with Crippen LogP contribution in [0.15, 0.2) is 0 Å². The van der Waals surface area contributed by atoms with Gasteiger partial charge in [0, 0.05) is 19.7 Å². The van der Waals surface area contributed by atoms with Gasteiger partial charge in [0.15, 0.2) is 0 Å². The Morgan fingerprint density at radius 1 is 1.29 bits per heavy atom. The van der Waals surface area contributed by atoms with Crippen LogP contribution in [0.5, 0.6) is 0 Å². The van der Waals surface area contributed by atoms with Crippen molar-refractivity contribution >= 4 is 23.8 Å². The summed E-state index contributed by atoms with van der Waals surface area (Å²) in [5, 5.41) is 2.61. The number of carbonyl (C=O) groups excluding carboxylic acids is 4. The molecule has 2 aliphatic heterocycles. The highest BCUT2D eigenvalue weighted by Gasteiger charge is 2.44. The SMILES string of the molecule is CCCN1C(=O)C(=O)N(CC(=O)NC[C@H]2CCCO2)C1=O. The molecule has 0 radical (unpaired) electrons. The van der Waals surface area contributed by atoms with Gasteiger partial charge in [-0.25, -0.2) is 9.69 Å². The molecule has 0 aliphatic carbocycles. The molecule has 116 valence electrons. The van der Waals surface area contributed by atoms with Gasteiger partial charge in [-0.3, -0.25) is 19.3 Å². The van der Waals surface area contributed by atoms with Crippen molar-refractivity contribution in [2.75, 3.05) is 26.2 Å². The average molecular weight is 297 g/mol. The predicted molar refractivity (Wildman–Crippen MR) is 71.1 cm³/mol. The minimum absolute atomic E-state index is 0.0165. The second-order valence-corrected chi connectivity index (χ2v) is 5.07. The maximum atomic E-state index is 11.9. The third-order valence-electron chi connectivity index (χ3n) is 3.43. The molecule has 2 heterocycles. The Morgan fingerprint density at radius 2 is 2.00 bits per heavy atom. The molecule has 0 unspecified atom stereocenters. The van der Waals surface area contributed by atoms with Gasteiger partial charge < -0.3 is 10.1 Å². The molecule has 0 bridgehead atoms. The van der Waals surface area contributed by atoms with Crippen LogP contribution in [0.1, 0.15) is 26.2 Å². The second kappa shape index (κ2) is 6.66. The molecular formula is C13H19N3O5. The van der Waals surface area contributed by atoms with Gasteiger partial charge in [-0.05, 0) is 19.3 Å². The van der Waals surface area contributed by atoms with Crippen LogP contribution in [0.25, 0.3) is 0 Å². The highest BCUT2D eigenvalue weighted by atomic mass is 16.5. The van der Waals surface area contributed by atoms with Crippen molar-refractivity contribution in [3.8, 4) is 0 Å². The fourth-order valence-corrected chi connectivity index (χ4v) is 2.34. The van der Waals surface area contributed by atoms with Crippen molar-refractivity contribution in [2.24, 2.45) is 0 Å². The fraction of sp³-hybridized carbons (Fsp3) is 0.692. The maximum Gasteiger partial charge on any atom is 0.334 e. The van der Waals surface area contributed by atoms with Gasteiger partial charge in [0.1, 0.15) is 6.54 Å². The normalized spacial score (nSPS) is 22.3. The standard InChI is InChI=1S/C13H19N3O5/c1-2-5-15-11(18)12(19)16(13(15)20)8-10(17)14-7-9-4-3-6-21-9/h9H,2-8H2,1H3,(H,14,17)/t9-/m1/s1. The van der Waals surface area contributed by atoms with E-state index in [2.05, 4.69) is 5.32 Å². The number of carbonyl (C=O) groups is 4. The van der Waals surface area contributed by atoms with E-state index >= 15 is 0 Å². The molecule has 2 saturated heterocycles. The summed E-state index contributed by atoms with van der Waals surface area (Å²) in [7, 11) is 0. The molecule has 0 saturated carbocycles. The lowest BCUT2D eigenvalue weighted by Crippen LogP contribution is -2.43. The third kappa shape index (κ3) is 3.38. The molecule has 0 aromatic rings. The number of nitrogens with one attached hydrogen (secondary N) is 1. The molecule has 2 rings (SSSR count). The van der Waals surface area contributed by atoms with E-state index in [4.69, 9.17) is 4.74 Å². The molecular weight excluding hydrogens is 278 g/mol. The average Bonchev–Trinajstić information content (AvgIpc) is 3.04. The number of hydrogen-bond acceptors (Lipinski definition) is 5. The van der Waals surface area contributed by atoms with Crippen LogP contribution in [-0.2, 0) is 19.1 Å². The summed E-state index contributed by atoms with van der Waals surface area (Å²) >= 11 is 0. The smallest absolute Gasteiger partial charge is 0.334 e. The zero-order valence-electron chi connectivity index (χ0n) is 12.0. The summed E-state index contributed by atoms with van der Waals surface area (Å²) in [6.07, 6.45) is 2.38. The van der Waals surface area contributed by atoms with Crippen molar-refractivity contribution in [3.05, 3.63) is 0 Å². The summed E-state index contributed by atoms with van der Waals surface area (Å²) in [6.45, 7) is 2.57. The zero-order chi connectivity index (χ0) is 15.4. The lowest BCUT2D eigenvalue weighted by molar-refractivity contribution is -0.144. The van der Waals surface area contributed by atoms with Crippen molar-refractivity contribution in [3.63, 3.8) is 0 Å². The predicted octanol–water partition coefficient (Wildman–Crippen LogP) is -0.518. The van der Waals surface area contributed by atoms with Gasteiger partial charge in [-0.15, -0.1) is 0 Å². The number of ether oxygens (including phenoxy) is 1. The Morgan fingerprint density at radius 3 is 2.62 bits per heavy atom. The minimum Gasteiger partial charge on any atom is -0.376 e. The largest absolute Gasteiger partial charge is 0.376 e. The van der Waals surface area contributed by atoms with Crippen LogP contribution in [0, 0.1) is 0 Å². The number of imide groups is 2. The molecule has 8 nitrogen and oxygen atoms in total. The minimum atomic E-state index is -0.944. The van der Waals surface area contributed by atoms with Crippen molar-refractivity contribution in [1.82, 2.24) is 15.1 Å². The van der Waals surface area contributed by atoms with Crippen LogP contribution in [0.4, 0.5) is 4.79 Å². The number of amides is 5. The number of rotatable bonds is 6. The quantitative estimate of drug-likeness (QED) is 0.526. The van der Waals surface area contributed by atoms with E-state index in [1.807, 2.05) is 0 Å². The summed E-state index contributed by atoms with van der Waals surface area (Å²) in [6, 6.07) is -0.723. The fourth-order valence-electron chi connectivity index (χ4n) is 2.34. The highest BCUT2D eigenvalue weighted by molar-refractivity contribution is 6.45. The lowest BCUT2D eigenvalue weighted by Gasteiger charge is -2.15. The van der Waals surface area contributed by atoms with Crippen LogP contribution < -0.4 is 5.32 Å². The van der Waals surface area contributed by atoms with Crippen molar-refractivity contribution < 1.29 is 23.9 Å². The zero-order valence-corrected chi connectivity index (χ0v) is 12.0. The van der Waals surface area contributed by atoms with Crippen LogP contribution in [-0.4, -0.2) is 65.9 Å². The molecule has 8 heteroatoms. The van der Waals surface area contributed by atoms with E-state index in [0.29, 0.717) is 24.5 Å². The Hall–Kier alpha value is -1.96. The van der Waals surface area contributed by atoms with Gasteiger partial charge in [-0.1, -0.05) is 6.92 Å². The molecule has 0 aromatic heterocycles. The van der Waals surface area contributed by atoms with E-state index in [-0.39, 0.29) is 12.6 Å². The van der Waals surface area contributed by atoms with E-state index in [1.54, 1.807) is 6.92 Å². The van der Waals surface area contributed by atoms with Crippen LogP contribution in [0.2, 0.25) is 0 Å². The summed E-state index contributed by atoms with van der Waals surface area (Å²) < 4.78 is 5.36. The molecule has 21 heavy (non-hydrogen) atoms. The van der Waals surface area contributed by atoms with Gasteiger partial charge >= 0.3 is 17.8 Å². The van der Waals surface area contributed by atoms with Crippen LogP contribution >= 0.6 is 0 Å². The second-order valence-electron chi connectivity index (χ2n) is 5.07. The van der Waals surface area contributed by atoms with E-state index in [0.717, 1.165) is 17.7 Å². The first-order valence-electron chi connectivity index (χ1n) is 7.10. The number of nitrogens with zero attached hydrogens (tertiary/aromatic N) is 2. The van der Waals surface area contributed by atoms with Crippen molar-refractivity contribution in [2.45, 2.75) is 32.3 Å². The Kier molecular flexibility index (Phi) is 4.89. The molecule has 2 fully saturated rings. The Bertz CT molecular complexity index is 459. The first-order valence-corrected chi connectivity index (χ1v) is 7.10. The molecule has 1 atom stereocenters. The Labute approximate surface area is 122 Å². The Balaban J connectivity index is 1.86. The van der Waals surface area contributed by atoms with Crippen LogP contribution in [0.3, 0.4) is 0 Å². The first kappa shape index (κ1) is 15.4. The van der Waals surface area contributed by atoms with E-state index < -0.39 is 30.3 Å². The highest BCUT2D eigenvalue weighted by Crippen LogP contribution is 2.13. The molecule has 1 N–H and O–H groups in total. The van der Waals surface area contributed by atoms with Gasteiger partial charge in [-0.2, -0.15) is 0 Å². The maximum absolute atomic E-state index is 11.9. The van der Waals surface area contributed by atoms with Gasteiger partial charge in [0.05, 0.1) is 6.10 Å². The van der Waals surface area contributed by atoms with E-state index in [9.17, 15) is 19.2 Å². The topological polar surface area (TPSA) is 96.0 Å². The monoisotopic (exact) mass is 297 g/mol. The molecule has 5 amide bonds. The summed E-state index contributed by atoms with van der Waals surface area (Å²) in [5.74, 6) is -2.28. The van der Waals surface area contributed by atoms with Gasteiger partial charge in [0.2, 0.25) is 5.91 Å². The lowest BCUT2D eigenvalue weighted by atomic mass is 10.2.